The van der Waals surface area contributed by atoms with Gasteiger partial charge < -0.3 is 29.0 Å². The molecule has 1 saturated carbocycles. The molecule has 1 aliphatic carbocycles. The first-order chi connectivity index (χ1) is 15.3. The van der Waals surface area contributed by atoms with E-state index in [9.17, 15) is 0 Å². The summed E-state index contributed by atoms with van der Waals surface area (Å²) in [6, 6.07) is 6.22. The van der Waals surface area contributed by atoms with E-state index < -0.39 is 0 Å². The lowest BCUT2D eigenvalue weighted by molar-refractivity contribution is 0.0681. The van der Waals surface area contributed by atoms with E-state index in [1.54, 1.807) is 7.11 Å². The monoisotopic (exact) mass is 427 g/mol. The number of hydrogen-bond acceptors (Lipinski definition) is 8. The molecule has 31 heavy (non-hydrogen) atoms. The average molecular weight is 428 g/mol. The first-order valence-electron chi connectivity index (χ1n) is 11.1. The lowest BCUT2D eigenvalue weighted by Gasteiger charge is -2.28. The molecular formula is C23H29N3O5. The van der Waals surface area contributed by atoms with E-state index in [2.05, 4.69) is 10.3 Å². The van der Waals surface area contributed by atoms with Crippen LogP contribution in [0.1, 0.15) is 32.1 Å². The van der Waals surface area contributed by atoms with Crippen molar-refractivity contribution in [2.24, 2.45) is 0 Å². The fourth-order valence-corrected chi connectivity index (χ4v) is 4.32. The molecule has 8 nitrogen and oxygen atoms in total. The summed E-state index contributed by atoms with van der Waals surface area (Å²) in [5.74, 6) is 2.65. The van der Waals surface area contributed by atoms with Gasteiger partial charge in [-0.25, -0.2) is 4.98 Å². The summed E-state index contributed by atoms with van der Waals surface area (Å²) in [7, 11) is 1.79. The van der Waals surface area contributed by atoms with Crippen LogP contribution in [-0.2, 0) is 9.47 Å². The minimum atomic E-state index is -0.00384. The van der Waals surface area contributed by atoms with Crippen molar-refractivity contribution in [2.75, 3.05) is 38.9 Å². The van der Waals surface area contributed by atoms with Crippen molar-refractivity contribution in [1.82, 2.24) is 9.97 Å². The van der Waals surface area contributed by atoms with Gasteiger partial charge in [0.05, 0.1) is 24.9 Å². The van der Waals surface area contributed by atoms with Crippen LogP contribution in [0.3, 0.4) is 0 Å². The molecule has 3 aliphatic rings. The molecule has 2 fully saturated rings. The summed E-state index contributed by atoms with van der Waals surface area (Å²) in [5, 5.41) is 3.49. The van der Waals surface area contributed by atoms with E-state index in [1.165, 1.54) is 0 Å². The highest BCUT2D eigenvalue weighted by Crippen LogP contribution is 2.38. The summed E-state index contributed by atoms with van der Waals surface area (Å²) in [4.78, 5) is 9.35. The van der Waals surface area contributed by atoms with Gasteiger partial charge in [-0.3, -0.25) is 0 Å². The van der Waals surface area contributed by atoms with Crippen molar-refractivity contribution < 1.29 is 23.7 Å². The molecule has 2 aliphatic heterocycles. The van der Waals surface area contributed by atoms with Crippen molar-refractivity contribution in [3.63, 3.8) is 0 Å². The third kappa shape index (κ3) is 4.70. The Kier molecular flexibility index (Phi) is 6.08. The van der Waals surface area contributed by atoms with Crippen LogP contribution >= 0.6 is 0 Å². The number of benzene rings is 1. The lowest BCUT2D eigenvalue weighted by atomic mass is 9.93. The second-order valence-electron chi connectivity index (χ2n) is 8.23. The number of fused-ring (bicyclic) bond motifs is 1. The summed E-state index contributed by atoms with van der Waals surface area (Å²) in [6.45, 7) is 2.40. The third-order valence-corrected chi connectivity index (χ3v) is 6.11. The molecule has 166 valence electrons. The Morgan fingerprint density at radius 3 is 2.58 bits per heavy atom. The van der Waals surface area contributed by atoms with Crippen LogP contribution in [0.25, 0.3) is 11.1 Å². The van der Waals surface area contributed by atoms with Gasteiger partial charge in [0, 0.05) is 25.8 Å². The van der Waals surface area contributed by atoms with Gasteiger partial charge in [-0.2, -0.15) is 4.98 Å². The Bertz CT molecular complexity index is 895. The highest BCUT2D eigenvalue weighted by atomic mass is 16.6. The van der Waals surface area contributed by atoms with Gasteiger partial charge in [0.1, 0.15) is 19.3 Å². The zero-order chi connectivity index (χ0) is 21.0. The number of anilines is 1. The smallest absolute Gasteiger partial charge is 0.226 e. The minimum Gasteiger partial charge on any atom is -0.486 e. The number of hydrogen-bond donors (Lipinski definition) is 1. The van der Waals surface area contributed by atoms with E-state index in [0.717, 1.165) is 54.7 Å². The average Bonchev–Trinajstić information content (AvgIpc) is 3.33. The molecule has 1 aromatic carbocycles. The SMILES string of the molecule is COC1CCC(Nc2ncc(-c3ccc4c(c3)OCCO4)c(OC3CCOC3)n2)CC1. The third-order valence-electron chi connectivity index (χ3n) is 6.11. The maximum Gasteiger partial charge on any atom is 0.226 e. The van der Waals surface area contributed by atoms with E-state index >= 15 is 0 Å². The van der Waals surface area contributed by atoms with Crippen molar-refractivity contribution >= 4 is 5.95 Å². The summed E-state index contributed by atoms with van der Waals surface area (Å²) in [5.41, 5.74) is 1.77. The highest BCUT2D eigenvalue weighted by Gasteiger charge is 2.24. The van der Waals surface area contributed by atoms with Crippen LogP contribution < -0.4 is 19.5 Å². The molecule has 3 heterocycles. The van der Waals surface area contributed by atoms with E-state index in [4.69, 9.17) is 28.7 Å². The predicted molar refractivity (Wildman–Crippen MR) is 115 cm³/mol. The fourth-order valence-electron chi connectivity index (χ4n) is 4.32. The van der Waals surface area contributed by atoms with Gasteiger partial charge in [0.25, 0.3) is 0 Å². The van der Waals surface area contributed by atoms with Gasteiger partial charge in [-0.15, -0.1) is 0 Å². The first kappa shape index (κ1) is 20.3. The van der Waals surface area contributed by atoms with E-state index in [1.807, 2.05) is 24.4 Å². The van der Waals surface area contributed by atoms with E-state index in [-0.39, 0.29) is 6.10 Å². The molecule has 0 bridgehead atoms. The Labute approximate surface area is 182 Å². The number of methoxy groups -OCH3 is 1. The molecule has 1 saturated heterocycles. The van der Waals surface area contributed by atoms with Crippen LogP contribution in [0.4, 0.5) is 5.95 Å². The van der Waals surface area contributed by atoms with Crippen molar-refractivity contribution in [2.45, 2.75) is 50.4 Å². The van der Waals surface area contributed by atoms with Crippen molar-refractivity contribution in [1.29, 1.82) is 0 Å². The lowest BCUT2D eigenvalue weighted by Crippen LogP contribution is -2.30. The van der Waals surface area contributed by atoms with Crippen LogP contribution in [0.5, 0.6) is 17.4 Å². The van der Waals surface area contributed by atoms with Gasteiger partial charge in [0.2, 0.25) is 11.8 Å². The molecule has 5 rings (SSSR count). The normalized spacial score (nSPS) is 25.3. The molecule has 1 atom stereocenters. The van der Waals surface area contributed by atoms with E-state index in [0.29, 0.717) is 50.4 Å². The van der Waals surface area contributed by atoms with Gasteiger partial charge in [0.15, 0.2) is 11.5 Å². The molecule has 1 aromatic heterocycles. The zero-order valence-electron chi connectivity index (χ0n) is 17.8. The molecule has 0 amide bonds. The maximum atomic E-state index is 6.26. The number of aromatic nitrogens is 2. The van der Waals surface area contributed by atoms with Gasteiger partial charge >= 0.3 is 0 Å². The number of nitrogens with one attached hydrogen (secondary N) is 1. The maximum absolute atomic E-state index is 6.26. The molecule has 2 aromatic rings. The second kappa shape index (κ2) is 9.28. The topological polar surface area (TPSA) is 84.0 Å². The molecule has 1 N–H and O–H groups in total. The highest BCUT2D eigenvalue weighted by molar-refractivity contribution is 5.71. The van der Waals surface area contributed by atoms with Crippen LogP contribution in [0.2, 0.25) is 0 Å². The Morgan fingerprint density at radius 2 is 1.81 bits per heavy atom. The minimum absolute atomic E-state index is 0.00384. The standard InChI is InChI=1S/C23H29N3O5/c1-27-17-5-3-16(4-6-17)25-23-24-13-19(22(26-23)31-18-8-9-28-14-18)15-2-7-20-21(12-15)30-11-10-29-20/h2,7,12-13,16-18H,3-6,8-11,14H2,1H3,(H,24,25,26). The van der Waals surface area contributed by atoms with Crippen LogP contribution in [0.15, 0.2) is 24.4 Å². The van der Waals surface area contributed by atoms with Crippen molar-refractivity contribution in [3.05, 3.63) is 24.4 Å². The quantitative estimate of drug-likeness (QED) is 0.751. The Hall–Kier alpha value is -2.58. The number of rotatable bonds is 6. The largest absolute Gasteiger partial charge is 0.486 e. The van der Waals surface area contributed by atoms with Crippen molar-refractivity contribution in [3.8, 4) is 28.5 Å². The molecule has 8 heteroatoms. The number of nitrogens with zero attached hydrogens (tertiary/aromatic N) is 2. The van der Waals surface area contributed by atoms with Crippen LogP contribution in [0, 0.1) is 0 Å². The molecule has 0 spiro atoms. The first-order valence-corrected chi connectivity index (χ1v) is 11.1. The number of ether oxygens (including phenoxy) is 5. The second-order valence-corrected chi connectivity index (χ2v) is 8.23. The summed E-state index contributed by atoms with van der Waals surface area (Å²) >= 11 is 0. The van der Waals surface area contributed by atoms with Gasteiger partial charge in [-0.1, -0.05) is 6.07 Å². The predicted octanol–water partition coefficient (Wildman–Crippen LogP) is 3.45. The Balaban J connectivity index is 1.39. The molecule has 1 unspecified atom stereocenters. The zero-order valence-corrected chi connectivity index (χ0v) is 17.8. The molecule has 0 radical (unpaired) electrons. The fraction of sp³-hybridized carbons (Fsp3) is 0.565. The van der Waals surface area contributed by atoms with Gasteiger partial charge in [-0.05, 0) is 43.4 Å². The van der Waals surface area contributed by atoms with Crippen LogP contribution in [-0.4, -0.2) is 61.8 Å². The summed E-state index contributed by atoms with van der Waals surface area (Å²) < 4.78 is 28.6. The Morgan fingerprint density at radius 1 is 0.968 bits per heavy atom. The summed E-state index contributed by atoms with van der Waals surface area (Å²) in [6.07, 6.45) is 7.21. The molecular weight excluding hydrogens is 398 g/mol.